The summed E-state index contributed by atoms with van der Waals surface area (Å²) in [5, 5.41) is 5.89. The number of ether oxygens (including phenoxy) is 1. The molecule has 0 atom stereocenters. The van der Waals surface area contributed by atoms with Crippen molar-refractivity contribution in [3.05, 3.63) is 42.0 Å². The van der Waals surface area contributed by atoms with Crippen LogP contribution in [0.1, 0.15) is 12.0 Å². The maximum Gasteiger partial charge on any atom is 0.119 e. The van der Waals surface area contributed by atoms with Crippen molar-refractivity contribution in [3.63, 3.8) is 0 Å². The van der Waals surface area contributed by atoms with Gasteiger partial charge in [0, 0.05) is 0 Å². The van der Waals surface area contributed by atoms with Crippen molar-refractivity contribution in [1.82, 2.24) is 5.32 Å². The van der Waals surface area contributed by atoms with Crippen LogP contribution < -0.4 is 15.8 Å². The second-order valence-corrected chi connectivity index (χ2v) is 4.69. The van der Waals surface area contributed by atoms with Gasteiger partial charge in [0.15, 0.2) is 0 Å². The van der Waals surface area contributed by atoms with Crippen molar-refractivity contribution in [1.29, 1.82) is 0 Å². The van der Waals surface area contributed by atoms with E-state index in [0.29, 0.717) is 0 Å². The molecule has 0 heterocycles. The van der Waals surface area contributed by atoms with Crippen LogP contribution in [0.3, 0.4) is 0 Å². The van der Waals surface area contributed by atoms with Crippen molar-refractivity contribution in [2.45, 2.75) is 12.8 Å². The summed E-state index contributed by atoms with van der Waals surface area (Å²) in [6.45, 7) is 2.76. The number of nitrogens with one attached hydrogen (secondary N) is 1. The van der Waals surface area contributed by atoms with E-state index in [1.807, 2.05) is 6.07 Å². The van der Waals surface area contributed by atoms with Crippen LogP contribution in [0, 0.1) is 0 Å². The van der Waals surface area contributed by atoms with Crippen LogP contribution in [-0.4, -0.2) is 26.7 Å². The van der Waals surface area contributed by atoms with Crippen molar-refractivity contribution < 1.29 is 4.74 Å². The zero-order valence-electron chi connectivity index (χ0n) is 11.5. The van der Waals surface area contributed by atoms with Gasteiger partial charge < -0.3 is 15.8 Å². The summed E-state index contributed by atoms with van der Waals surface area (Å²) >= 11 is 0. The lowest BCUT2D eigenvalue weighted by atomic mass is 10.0. The quantitative estimate of drug-likeness (QED) is 0.749. The molecule has 0 radical (unpaired) electrons. The molecular formula is C16H22N2O. The molecule has 2 aromatic rings. The SMILES string of the molecule is COc1ccc2cc(CCNCCCN)ccc2c1. The predicted octanol–water partition coefficient (Wildman–Crippen LogP) is 2.33. The molecule has 2 aromatic carbocycles. The monoisotopic (exact) mass is 258 g/mol. The third-order valence-electron chi connectivity index (χ3n) is 3.26. The molecular weight excluding hydrogens is 236 g/mol. The van der Waals surface area contributed by atoms with Gasteiger partial charge in [-0.05, 0) is 60.9 Å². The predicted molar refractivity (Wildman–Crippen MR) is 80.7 cm³/mol. The Kier molecular flexibility index (Phi) is 5.19. The first kappa shape index (κ1) is 13.8. The molecule has 0 fully saturated rings. The van der Waals surface area contributed by atoms with Gasteiger partial charge in [-0.3, -0.25) is 0 Å². The number of fused-ring (bicyclic) bond motifs is 1. The summed E-state index contributed by atoms with van der Waals surface area (Å²) in [6, 6.07) is 12.8. The van der Waals surface area contributed by atoms with E-state index in [9.17, 15) is 0 Å². The summed E-state index contributed by atoms with van der Waals surface area (Å²) in [5.41, 5.74) is 6.82. The Morgan fingerprint density at radius 3 is 2.63 bits per heavy atom. The summed E-state index contributed by atoms with van der Waals surface area (Å²) in [6.07, 6.45) is 2.09. The molecule has 0 saturated heterocycles. The molecule has 0 amide bonds. The lowest BCUT2D eigenvalue weighted by molar-refractivity contribution is 0.415. The minimum absolute atomic E-state index is 0.755. The van der Waals surface area contributed by atoms with Crippen molar-refractivity contribution in [3.8, 4) is 5.75 Å². The van der Waals surface area contributed by atoms with E-state index < -0.39 is 0 Å². The maximum atomic E-state index is 5.46. The van der Waals surface area contributed by atoms with Crippen molar-refractivity contribution in [2.75, 3.05) is 26.7 Å². The summed E-state index contributed by atoms with van der Waals surface area (Å²) in [7, 11) is 1.70. The number of hydrogen-bond donors (Lipinski definition) is 2. The van der Waals surface area contributed by atoms with E-state index in [2.05, 4.69) is 35.6 Å². The second kappa shape index (κ2) is 7.12. The molecule has 0 aromatic heterocycles. The van der Waals surface area contributed by atoms with Crippen LogP contribution in [0.5, 0.6) is 5.75 Å². The van der Waals surface area contributed by atoms with Gasteiger partial charge >= 0.3 is 0 Å². The van der Waals surface area contributed by atoms with Crippen molar-refractivity contribution in [2.24, 2.45) is 5.73 Å². The van der Waals surface area contributed by atoms with E-state index in [4.69, 9.17) is 10.5 Å². The Morgan fingerprint density at radius 1 is 1.05 bits per heavy atom. The Balaban J connectivity index is 1.97. The van der Waals surface area contributed by atoms with Gasteiger partial charge in [-0.1, -0.05) is 24.3 Å². The normalized spacial score (nSPS) is 10.8. The smallest absolute Gasteiger partial charge is 0.119 e. The van der Waals surface area contributed by atoms with E-state index in [0.717, 1.165) is 38.2 Å². The molecule has 3 nitrogen and oxygen atoms in total. The molecule has 3 heteroatoms. The molecule has 0 saturated carbocycles. The van der Waals surface area contributed by atoms with Gasteiger partial charge in [0.25, 0.3) is 0 Å². The molecule has 0 spiro atoms. The lowest BCUT2D eigenvalue weighted by Crippen LogP contribution is -2.20. The third-order valence-corrected chi connectivity index (χ3v) is 3.26. The first-order chi connectivity index (χ1) is 9.33. The molecule has 19 heavy (non-hydrogen) atoms. The minimum Gasteiger partial charge on any atom is -0.497 e. The molecule has 0 bridgehead atoms. The van der Waals surface area contributed by atoms with Gasteiger partial charge in [-0.25, -0.2) is 0 Å². The topological polar surface area (TPSA) is 47.3 Å². The fourth-order valence-electron chi connectivity index (χ4n) is 2.14. The fourth-order valence-corrected chi connectivity index (χ4v) is 2.14. The second-order valence-electron chi connectivity index (χ2n) is 4.69. The highest BCUT2D eigenvalue weighted by molar-refractivity contribution is 5.84. The van der Waals surface area contributed by atoms with Gasteiger partial charge in [-0.2, -0.15) is 0 Å². The van der Waals surface area contributed by atoms with Gasteiger partial charge in [0.05, 0.1) is 7.11 Å². The zero-order valence-corrected chi connectivity index (χ0v) is 11.5. The van der Waals surface area contributed by atoms with Crippen LogP contribution in [0.4, 0.5) is 0 Å². The van der Waals surface area contributed by atoms with Gasteiger partial charge in [0.2, 0.25) is 0 Å². The summed E-state index contributed by atoms with van der Waals surface area (Å²) in [4.78, 5) is 0. The highest BCUT2D eigenvalue weighted by Gasteiger charge is 1.99. The molecule has 102 valence electrons. The van der Waals surface area contributed by atoms with Crippen LogP contribution in [-0.2, 0) is 6.42 Å². The highest BCUT2D eigenvalue weighted by Crippen LogP contribution is 2.21. The molecule has 0 unspecified atom stereocenters. The van der Waals surface area contributed by atoms with Gasteiger partial charge in [-0.15, -0.1) is 0 Å². The number of hydrogen-bond acceptors (Lipinski definition) is 3. The average molecular weight is 258 g/mol. The maximum absolute atomic E-state index is 5.46. The largest absolute Gasteiger partial charge is 0.497 e. The number of benzene rings is 2. The Labute approximate surface area is 114 Å². The van der Waals surface area contributed by atoms with E-state index in [1.54, 1.807) is 7.11 Å². The Morgan fingerprint density at radius 2 is 1.84 bits per heavy atom. The number of nitrogens with two attached hydrogens (primary N) is 1. The molecule has 0 aliphatic heterocycles. The van der Waals surface area contributed by atoms with E-state index in [1.165, 1.54) is 16.3 Å². The Bertz CT molecular complexity index is 525. The Hall–Kier alpha value is -1.58. The fraction of sp³-hybridized carbons (Fsp3) is 0.375. The molecule has 0 aliphatic rings. The van der Waals surface area contributed by atoms with E-state index in [-0.39, 0.29) is 0 Å². The minimum atomic E-state index is 0.755. The lowest BCUT2D eigenvalue weighted by Gasteiger charge is -2.07. The zero-order chi connectivity index (χ0) is 13.5. The number of methoxy groups -OCH3 is 1. The molecule has 3 N–H and O–H groups in total. The first-order valence-electron chi connectivity index (χ1n) is 6.81. The van der Waals surface area contributed by atoms with Crippen LogP contribution >= 0.6 is 0 Å². The molecule has 0 aliphatic carbocycles. The molecule has 2 rings (SSSR count). The average Bonchev–Trinajstić information content (AvgIpc) is 2.46. The van der Waals surface area contributed by atoms with Gasteiger partial charge in [0.1, 0.15) is 5.75 Å². The van der Waals surface area contributed by atoms with Crippen molar-refractivity contribution >= 4 is 10.8 Å². The summed E-state index contributed by atoms with van der Waals surface area (Å²) in [5.74, 6) is 0.906. The number of rotatable bonds is 7. The third kappa shape index (κ3) is 3.94. The van der Waals surface area contributed by atoms with Crippen LogP contribution in [0.2, 0.25) is 0 Å². The summed E-state index contributed by atoms with van der Waals surface area (Å²) < 4.78 is 5.23. The van der Waals surface area contributed by atoms with Crippen LogP contribution in [0.15, 0.2) is 36.4 Å². The standard InChI is InChI=1S/C16H22N2O/c1-19-16-6-5-14-11-13(3-4-15(14)12-16)7-10-18-9-2-8-17/h3-6,11-12,18H,2,7-10,17H2,1H3. The van der Waals surface area contributed by atoms with Crippen LogP contribution in [0.25, 0.3) is 10.8 Å². The van der Waals surface area contributed by atoms with E-state index >= 15 is 0 Å². The highest BCUT2D eigenvalue weighted by atomic mass is 16.5. The first-order valence-corrected chi connectivity index (χ1v) is 6.81.